The van der Waals surface area contributed by atoms with E-state index in [1.54, 1.807) is 18.2 Å². The molecular formula is C26H31ClN2O4. The van der Waals surface area contributed by atoms with Gasteiger partial charge in [0.1, 0.15) is 11.5 Å². The molecule has 1 aliphatic heterocycles. The molecule has 1 heterocycles. The first-order chi connectivity index (χ1) is 15.6. The molecule has 0 bridgehead atoms. The van der Waals surface area contributed by atoms with Crippen LogP contribution in [0.5, 0.6) is 5.75 Å². The molecule has 1 amide bonds. The monoisotopic (exact) mass is 470 g/mol. The molecule has 0 spiro atoms. The van der Waals surface area contributed by atoms with Crippen molar-refractivity contribution in [3.8, 4) is 5.75 Å². The van der Waals surface area contributed by atoms with Crippen molar-refractivity contribution < 1.29 is 19.4 Å². The third-order valence-electron chi connectivity index (χ3n) is 5.75. The van der Waals surface area contributed by atoms with E-state index in [4.69, 9.17) is 16.3 Å². The summed E-state index contributed by atoms with van der Waals surface area (Å²) in [6.45, 7) is 7.46. The van der Waals surface area contributed by atoms with Crippen molar-refractivity contribution in [2.45, 2.75) is 32.7 Å². The maximum Gasteiger partial charge on any atom is 0.295 e. The molecule has 1 unspecified atom stereocenters. The fourth-order valence-electron chi connectivity index (χ4n) is 3.90. The molecule has 3 rings (SSSR count). The van der Waals surface area contributed by atoms with E-state index >= 15 is 0 Å². The number of Topliss-reactive ketones (excluding diaryl/α,β-unsaturated/α-hetero) is 1. The highest BCUT2D eigenvalue weighted by molar-refractivity contribution is 6.46. The number of hydrogen-bond acceptors (Lipinski definition) is 5. The van der Waals surface area contributed by atoms with Crippen LogP contribution in [0.3, 0.4) is 0 Å². The van der Waals surface area contributed by atoms with Gasteiger partial charge >= 0.3 is 0 Å². The summed E-state index contributed by atoms with van der Waals surface area (Å²) in [5, 5.41) is 11.5. The maximum atomic E-state index is 13.1. The highest BCUT2D eigenvalue weighted by Crippen LogP contribution is 2.40. The molecule has 6 nitrogen and oxygen atoms in total. The number of halogens is 1. The van der Waals surface area contributed by atoms with Crippen LogP contribution in [-0.2, 0) is 9.59 Å². The van der Waals surface area contributed by atoms with Gasteiger partial charge in [0.25, 0.3) is 11.7 Å². The topological polar surface area (TPSA) is 70.1 Å². The summed E-state index contributed by atoms with van der Waals surface area (Å²) in [6.07, 6.45) is 0. The van der Waals surface area contributed by atoms with E-state index in [0.29, 0.717) is 41.9 Å². The molecule has 0 radical (unpaired) electrons. The number of likely N-dealkylation sites (N-methyl/N-ethyl adjacent to an activating group) is 1. The summed E-state index contributed by atoms with van der Waals surface area (Å²) in [6, 6.07) is 12.0. The van der Waals surface area contributed by atoms with Crippen LogP contribution >= 0.6 is 11.6 Å². The fraction of sp³-hybridized carbons (Fsp3) is 0.385. The van der Waals surface area contributed by atoms with Gasteiger partial charge in [-0.05, 0) is 56.3 Å². The normalized spacial score (nSPS) is 17.9. The van der Waals surface area contributed by atoms with E-state index in [-0.39, 0.29) is 11.3 Å². The van der Waals surface area contributed by atoms with Crippen LogP contribution in [0.15, 0.2) is 48.0 Å². The van der Waals surface area contributed by atoms with Crippen molar-refractivity contribution in [2.24, 2.45) is 0 Å². The molecule has 1 N–H and O–H groups in total. The van der Waals surface area contributed by atoms with Gasteiger partial charge in [0.15, 0.2) is 0 Å². The minimum atomic E-state index is -0.700. The van der Waals surface area contributed by atoms with Gasteiger partial charge in [-0.2, -0.15) is 0 Å². The van der Waals surface area contributed by atoms with Crippen molar-refractivity contribution in [1.82, 2.24) is 9.80 Å². The number of ketones is 1. The van der Waals surface area contributed by atoms with Crippen molar-refractivity contribution in [2.75, 3.05) is 33.8 Å². The van der Waals surface area contributed by atoms with Crippen LogP contribution in [0.25, 0.3) is 5.76 Å². The number of amides is 1. The molecule has 0 aromatic heterocycles. The first kappa shape index (κ1) is 24.8. The van der Waals surface area contributed by atoms with Crippen LogP contribution in [0, 0.1) is 0 Å². The Bertz CT molecular complexity index is 1060. The summed E-state index contributed by atoms with van der Waals surface area (Å²) in [4.78, 5) is 29.6. The van der Waals surface area contributed by atoms with E-state index in [1.807, 2.05) is 50.2 Å². The van der Waals surface area contributed by atoms with E-state index in [2.05, 4.69) is 13.8 Å². The van der Waals surface area contributed by atoms with Crippen molar-refractivity contribution in [1.29, 1.82) is 0 Å². The average Bonchev–Trinajstić information content (AvgIpc) is 3.03. The molecule has 0 saturated carbocycles. The number of carbonyl (C=O) groups excluding carboxylic acids is 2. The lowest BCUT2D eigenvalue weighted by Gasteiger charge is -2.27. The molecule has 1 saturated heterocycles. The highest BCUT2D eigenvalue weighted by atomic mass is 35.5. The molecule has 2 aromatic rings. The van der Waals surface area contributed by atoms with E-state index < -0.39 is 17.7 Å². The SMILES string of the molecule is CCOc1ccc(/C(O)=C2\C(=O)C(=O)N(CCN(C)C)C2c2ccc(C(C)C)cc2)cc1Cl. The number of carbonyl (C=O) groups is 2. The summed E-state index contributed by atoms with van der Waals surface area (Å²) in [5.41, 5.74) is 2.35. The fourth-order valence-corrected chi connectivity index (χ4v) is 4.14. The first-order valence-corrected chi connectivity index (χ1v) is 11.5. The second-order valence-corrected chi connectivity index (χ2v) is 9.10. The predicted octanol–water partition coefficient (Wildman–Crippen LogP) is 4.85. The van der Waals surface area contributed by atoms with Gasteiger partial charge in [-0.15, -0.1) is 0 Å². The molecular weight excluding hydrogens is 440 g/mol. The second kappa shape index (κ2) is 10.4. The third-order valence-corrected chi connectivity index (χ3v) is 6.05. The number of ether oxygens (including phenoxy) is 1. The summed E-state index contributed by atoms with van der Waals surface area (Å²) < 4.78 is 5.46. The minimum absolute atomic E-state index is 0.0660. The third kappa shape index (κ3) is 5.23. The number of nitrogens with zero attached hydrogens (tertiary/aromatic N) is 2. The lowest BCUT2D eigenvalue weighted by atomic mass is 9.93. The highest BCUT2D eigenvalue weighted by Gasteiger charge is 2.45. The number of likely N-dealkylation sites (tertiary alicyclic amines) is 1. The van der Waals surface area contributed by atoms with Gasteiger partial charge in [0.05, 0.1) is 23.2 Å². The predicted molar refractivity (Wildman–Crippen MR) is 131 cm³/mol. The average molecular weight is 471 g/mol. The Kier molecular flexibility index (Phi) is 7.82. The summed E-state index contributed by atoms with van der Waals surface area (Å²) >= 11 is 6.31. The quantitative estimate of drug-likeness (QED) is 0.339. The molecule has 1 fully saturated rings. The zero-order chi connectivity index (χ0) is 24.3. The molecule has 1 aliphatic rings. The molecule has 1 atom stereocenters. The second-order valence-electron chi connectivity index (χ2n) is 8.70. The van der Waals surface area contributed by atoms with Gasteiger partial charge < -0.3 is 19.6 Å². The van der Waals surface area contributed by atoms with Gasteiger partial charge in [-0.1, -0.05) is 49.7 Å². The van der Waals surface area contributed by atoms with Crippen molar-refractivity contribution in [3.63, 3.8) is 0 Å². The number of aliphatic hydroxyl groups excluding tert-OH is 1. The Morgan fingerprint density at radius 1 is 1.15 bits per heavy atom. The molecule has 0 aliphatic carbocycles. The zero-order valence-corrected chi connectivity index (χ0v) is 20.5. The van der Waals surface area contributed by atoms with Crippen LogP contribution < -0.4 is 4.74 Å². The largest absolute Gasteiger partial charge is 0.507 e. The van der Waals surface area contributed by atoms with E-state index in [0.717, 1.165) is 11.1 Å². The van der Waals surface area contributed by atoms with Crippen LogP contribution in [-0.4, -0.2) is 60.4 Å². The van der Waals surface area contributed by atoms with Crippen LogP contribution in [0.4, 0.5) is 0 Å². The number of hydrogen-bond donors (Lipinski definition) is 1. The molecule has 7 heteroatoms. The van der Waals surface area contributed by atoms with Crippen LogP contribution in [0.1, 0.15) is 49.4 Å². The number of aliphatic hydroxyl groups is 1. The van der Waals surface area contributed by atoms with E-state index in [1.165, 1.54) is 4.90 Å². The molecule has 2 aromatic carbocycles. The van der Waals surface area contributed by atoms with Crippen molar-refractivity contribution in [3.05, 3.63) is 69.8 Å². The Morgan fingerprint density at radius 2 is 1.82 bits per heavy atom. The first-order valence-electron chi connectivity index (χ1n) is 11.1. The summed E-state index contributed by atoms with van der Waals surface area (Å²) in [5.74, 6) is -0.723. The minimum Gasteiger partial charge on any atom is -0.507 e. The molecule has 176 valence electrons. The zero-order valence-electron chi connectivity index (χ0n) is 19.8. The van der Waals surface area contributed by atoms with Gasteiger partial charge in [-0.25, -0.2) is 0 Å². The number of rotatable bonds is 8. The Labute approximate surface area is 200 Å². The lowest BCUT2D eigenvalue weighted by Crippen LogP contribution is -2.35. The standard InChI is InChI=1S/C26H31ClN2O4/c1-6-33-21-12-11-19(15-20(21)27)24(30)22-23(18-9-7-17(8-10-18)16(2)3)29(14-13-28(4)5)26(32)25(22)31/h7-12,15-16,23,30H,6,13-14H2,1-5H3/b24-22+. The van der Waals surface area contributed by atoms with E-state index in [9.17, 15) is 14.7 Å². The van der Waals surface area contributed by atoms with Crippen molar-refractivity contribution >= 4 is 29.1 Å². The van der Waals surface area contributed by atoms with Crippen LogP contribution in [0.2, 0.25) is 5.02 Å². The Balaban J connectivity index is 2.12. The van der Waals surface area contributed by atoms with Gasteiger partial charge in [0, 0.05) is 18.7 Å². The lowest BCUT2D eigenvalue weighted by molar-refractivity contribution is -0.140. The molecule has 33 heavy (non-hydrogen) atoms. The Hall–Kier alpha value is -2.83. The summed E-state index contributed by atoms with van der Waals surface area (Å²) in [7, 11) is 3.82. The van der Waals surface area contributed by atoms with Gasteiger partial charge in [0.2, 0.25) is 0 Å². The maximum absolute atomic E-state index is 13.1. The number of benzene rings is 2. The Morgan fingerprint density at radius 3 is 2.36 bits per heavy atom. The smallest absolute Gasteiger partial charge is 0.295 e. The van der Waals surface area contributed by atoms with Gasteiger partial charge in [-0.3, -0.25) is 9.59 Å².